The van der Waals surface area contributed by atoms with Crippen molar-refractivity contribution in [2.24, 2.45) is 11.7 Å². The summed E-state index contributed by atoms with van der Waals surface area (Å²) in [5.74, 6) is -0.363. The SMILES string of the molecule is CC(C)CC(N)C(=O)Nc1ccc(Br)c(F)c1. The molecule has 0 saturated heterocycles. The minimum absolute atomic E-state index is 0.291. The van der Waals surface area contributed by atoms with Crippen molar-refractivity contribution in [1.82, 2.24) is 0 Å². The maximum atomic E-state index is 13.2. The van der Waals surface area contributed by atoms with E-state index in [2.05, 4.69) is 21.2 Å². The number of rotatable bonds is 4. The Morgan fingerprint density at radius 2 is 2.18 bits per heavy atom. The molecular weight excluding hydrogens is 287 g/mol. The highest BCUT2D eigenvalue weighted by molar-refractivity contribution is 9.10. The number of hydrogen-bond donors (Lipinski definition) is 2. The lowest BCUT2D eigenvalue weighted by atomic mass is 10.0. The highest BCUT2D eigenvalue weighted by atomic mass is 79.9. The first kappa shape index (κ1) is 14.1. The molecule has 0 fully saturated rings. The van der Waals surface area contributed by atoms with Crippen LogP contribution in [0.3, 0.4) is 0 Å². The Labute approximate surface area is 109 Å². The second kappa shape index (κ2) is 6.12. The number of amides is 1. The first-order chi connectivity index (χ1) is 7.90. The molecule has 0 heterocycles. The van der Waals surface area contributed by atoms with Crippen molar-refractivity contribution in [1.29, 1.82) is 0 Å². The molecule has 17 heavy (non-hydrogen) atoms. The van der Waals surface area contributed by atoms with Gasteiger partial charge >= 0.3 is 0 Å². The molecule has 0 aliphatic heterocycles. The van der Waals surface area contributed by atoms with Gasteiger partial charge in [0.05, 0.1) is 10.5 Å². The van der Waals surface area contributed by atoms with Crippen molar-refractivity contribution in [3.05, 3.63) is 28.5 Å². The van der Waals surface area contributed by atoms with Gasteiger partial charge in [0.1, 0.15) is 5.82 Å². The van der Waals surface area contributed by atoms with Crippen molar-refractivity contribution in [2.45, 2.75) is 26.3 Å². The first-order valence-electron chi connectivity index (χ1n) is 5.41. The van der Waals surface area contributed by atoms with Crippen LogP contribution in [-0.2, 0) is 4.79 Å². The lowest BCUT2D eigenvalue weighted by Gasteiger charge is -2.14. The van der Waals surface area contributed by atoms with Crippen molar-refractivity contribution in [3.8, 4) is 0 Å². The molecule has 3 nitrogen and oxygen atoms in total. The number of benzene rings is 1. The van der Waals surface area contributed by atoms with E-state index in [4.69, 9.17) is 5.73 Å². The van der Waals surface area contributed by atoms with E-state index in [1.165, 1.54) is 6.07 Å². The van der Waals surface area contributed by atoms with Crippen LogP contribution in [0.25, 0.3) is 0 Å². The van der Waals surface area contributed by atoms with E-state index in [0.717, 1.165) is 0 Å². The number of halogens is 2. The number of carbonyl (C=O) groups excluding carboxylic acids is 1. The number of carbonyl (C=O) groups is 1. The summed E-state index contributed by atoms with van der Waals surface area (Å²) in [4.78, 5) is 11.7. The van der Waals surface area contributed by atoms with Crippen molar-refractivity contribution < 1.29 is 9.18 Å². The largest absolute Gasteiger partial charge is 0.325 e. The van der Waals surface area contributed by atoms with Gasteiger partial charge in [0.2, 0.25) is 5.91 Å². The van der Waals surface area contributed by atoms with Gasteiger partial charge in [-0.05, 0) is 46.5 Å². The zero-order valence-corrected chi connectivity index (χ0v) is 11.4. The minimum atomic E-state index is -0.568. The van der Waals surface area contributed by atoms with E-state index in [1.807, 2.05) is 13.8 Å². The average molecular weight is 303 g/mol. The maximum absolute atomic E-state index is 13.2. The number of nitrogens with two attached hydrogens (primary N) is 1. The van der Waals surface area contributed by atoms with Crippen LogP contribution in [0.2, 0.25) is 0 Å². The molecule has 1 amide bonds. The molecular formula is C12H16BrFN2O. The van der Waals surface area contributed by atoms with Gasteiger partial charge in [-0.25, -0.2) is 4.39 Å². The Bertz CT molecular complexity index is 409. The molecule has 1 rings (SSSR count). The molecule has 0 aliphatic carbocycles. The Kier molecular flexibility index (Phi) is 5.08. The zero-order valence-electron chi connectivity index (χ0n) is 9.84. The van der Waals surface area contributed by atoms with Crippen molar-refractivity contribution >= 4 is 27.5 Å². The molecule has 1 atom stereocenters. The predicted molar refractivity (Wildman–Crippen MR) is 70.2 cm³/mol. The normalized spacial score (nSPS) is 12.6. The van der Waals surface area contributed by atoms with Crippen LogP contribution < -0.4 is 11.1 Å². The second-order valence-electron chi connectivity index (χ2n) is 4.35. The first-order valence-corrected chi connectivity index (χ1v) is 6.21. The topological polar surface area (TPSA) is 55.1 Å². The van der Waals surface area contributed by atoms with E-state index in [9.17, 15) is 9.18 Å². The van der Waals surface area contributed by atoms with E-state index in [-0.39, 0.29) is 5.91 Å². The molecule has 1 unspecified atom stereocenters. The van der Waals surface area contributed by atoms with Gasteiger partial charge in [0, 0.05) is 5.69 Å². The smallest absolute Gasteiger partial charge is 0.241 e. The fraction of sp³-hybridized carbons (Fsp3) is 0.417. The molecule has 5 heteroatoms. The summed E-state index contributed by atoms with van der Waals surface area (Å²) < 4.78 is 13.6. The Morgan fingerprint density at radius 1 is 1.53 bits per heavy atom. The van der Waals surface area contributed by atoms with E-state index >= 15 is 0 Å². The van der Waals surface area contributed by atoms with Gasteiger partial charge in [0.25, 0.3) is 0 Å². The third kappa shape index (κ3) is 4.44. The molecule has 0 saturated carbocycles. The highest BCUT2D eigenvalue weighted by Gasteiger charge is 2.15. The lowest BCUT2D eigenvalue weighted by molar-refractivity contribution is -0.117. The van der Waals surface area contributed by atoms with Gasteiger partial charge in [-0.3, -0.25) is 4.79 Å². The third-order valence-electron chi connectivity index (χ3n) is 2.25. The second-order valence-corrected chi connectivity index (χ2v) is 5.21. The zero-order chi connectivity index (χ0) is 13.0. The summed E-state index contributed by atoms with van der Waals surface area (Å²) in [5, 5.41) is 2.59. The van der Waals surface area contributed by atoms with Crippen molar-refractivity contribution in [2.75, 3.05) is 5.32 Å². The number of nitrogens with one attached hydrogen (secondary N) is 1. The molecule has 0 bridgehead atoms. The van der Waals surface area contributed by atoms with Crippen molar-refractivity contribution in [3.63, 3.8) is 0 Å². The molecule has 0 spiro atoms. The monoisotopic (exact) mass is 302 g/mol. The maximum Gasteiger partial charge on any atom is 0.241 e. The van der Waals surface area contributed by atoms with Crippen LogP contribution in [-0.4, -0.2) is 11.9 Å². The van der Waals surface area contributed by atoms with Crippen LogP contribution >= 0.6 is 15.9 Å². The summed E-state index contributed by atoms with van der Waals surface area (Å²) in [6, 6.07) is 3.84. The Morgan fingerprint density at radius 3 is 2.71 bits per heavy atom. The molecule has 1 aromatic rings. The third-order valence-corrected chi connectivity index (χ3v) is 2.89. The van der Waals surface area contributed by atoms with Crippen LogP contribution in [0.5, 0.6) is 0 Å². The standard InChI is InChI=1S/C12H16BrFN2O/c1-7(2)5-11(15)12(17)16-8-3-4-9(13)10(14)6-8/h3-4,6-7,11H,5,15H2,1-2H3,(H,16,17). The molecule has 0 radical (unpaired) electrons. The Balaban J connectivity index is 2.64. The number of anilines is 1. The summed E-state index contributed by atoms with van der Waals surface area (Å²) >= 11 is 3.04. The summed E-state index contributed by atoms with van der Waals surface area (Å²) in [5.41, 5.74) is 6.13. The summed E-state index contributed by atoms with van der Waals surface area (Å²) in [6.45, 7) is 3.98. The Hall–Kier alpha value is -0.940. The number of hydrogen-bond acceptors (Lipinski definition) is 2. The summed E-state index contributed by atoms with van der Waals surface area (Å²) in [6.07, 6.45) is 0.602. The molecule has 0 aliphatic rings. The van der Waals surface area contributed by atoms with Gasteiger partial charge in [-0.1, -0.05) is 13.8 Å². The fourth-order valence-electron chi connectivity index (χ4n) is 1.42. The van der Waals surface area contributed by atoms with Crippen LogP contribution in [0.15, 0.2) is 22.7 Å². The van der Waals surface area contributed by atoms with Crippen LogP contribution in [0.1, 0.15) is 20.3 Å². The van der Waals surface area contributed by atoms with Gasteiger partial charge < -0.3 is 11.1 Å². The molecule has 94 valence electrons. The molecule has 1 aromatic carbocycles. The van der Waals surface area contributed by atoms with E-state index in [1.54, 1.807) is 12.1 Å². The molecule has 0 aromatic heterocycles. The quantitative estimate of drug-likeness (QED) is 0.898. The van der Waals surface area contributed by atoms with Crippen LogP contribution in [0.4, 0.5) is 10.1 Å². The lowest BCUT2D eigenvalue weighted by Crippen LogP contribution is -2.36. The highest BCUT2D eigenvalue weighted by Crippen LogP contribution is 2.19. The minimum Gasteiger partial charge on any atom is -0.325 e. The van der Waals surface area contributed by atoms with Gasteiger partial charge in [-0.2, -0.15) is 0 Å². The fourth-order valence-corrected chi connectivity index (χ4v) is 1.67. The predicted octanol–water partition coefficient (Wildman–Crippen LogP) is 2.90. The van der Waals surface area contributed by atoms with E-state index < -0.39 is 11.9 Å². The molecule has 3 N–H and O–H groups in total. The van der Waals surface area contributed by atoms with Crippen LogP contribution in [0, 0.1) is 11.7 Å². The van der Waals surface area contributed by atoms with Gasteiger partial charge in [-0.15, -0.1) is 0 Å². The van der Waals surface area contributed by atoms with Gasteiger partial charge in [0.15, 0.2) is 0 Å². The summed E-state index contributed by atoms with van der Waals surface area (Å²) in [7, 11) is 0. The van der Waals surface area contributed by atoms with E-state index in [0.29, 0.717) is 22.5 Å². The average Bonchev–Trinajstić information content (AvgIpc) is 2.22.